The lowest BCUT2D eigenvalue weighted by atomic mass is 9.78. The van der Waals surface area contributed by atoms with E-state index in [-0.39, 0.29) is 22.5 Å². The van der Waals surface area contributed by atoms with E-state index in [1.54, 1.807) is 13.8 Å². The molecule has 0 aliphatic carbocycles. The van der Waals surface area contributed by atoms with Gasteiger partial charge in [0.2, 0.25) is 0 Å². The van der Waals surface area contributed by atoms with Crippen LogP contribution in [-0.2, 0) is 25.2 Å². The highest BCUT2D eigenvalue weighted by Gasteiger charge is 2.43. The van der Waals surface area contributed by atoms with Crippen LogP contribution < -0.4 is 5.32 Å². The minimum absolute atomic E-state index is 0.0953. The SMILES string of the molecule is COC(=O)C1=C(CF)NC(C)=C(C(=O)OC(C)C)C1c1ccccc1C(F)(F)F. The van der Waals surface area contributed by atoms with Gasteiger partial charge in [-0.15, -0.1) is 0 Å². The number of methoxy groups -OCH3 is 1. The zero-order valence-corrected chi connectivity index (χ0v) is 16.3. The van der Waals surface area contributed by atoms with Gasteiger partial charge < -0.3 is 14.8 Å². The lowest BCUT2D eigenvalue weighted by molar-refractivity contribution is -0.144. The Kier molecular flexibility index (Phi) is 6.71. The first-order valence-electron chi connectivity index (χ1n) is 8.75. The molecule has 158 valence electrons. The van der Waals surface area contributed by atoms with Gasteiger partial charge in [-0.25, -0.2) is 14.0 Å². The van der Waals surface area contributed by atoms with E-state index in [2.05, 4.69) is 10.1 Å². The third kappa shape index (κ3) is 4.60. The topological polar surface area (TPSA) is 64.6 Å². The van der Waals surface area contributed by atoms with Crippen LogP contribution >= 0.6 is 0 Å². The van der Waals surface area contributed by atoms with Gasteiger partial charge in [0.05, 0.1) is 41.5 Å². The van der Waals surface area contributed by atoms with Gasteiger partial charge in [0.25, 0.3) is 0 Å². The molecular formula is C20H21F4NO4. The molecule has 1 aliphatic heterocycles. The molecule has 1 N–H and O–H groups in total. The molecule has 0 bridgehead atoms. The van der Waals surface area contributed by atoms with Crippen LogP contribution in [-0.4, -0.2) is 31.8 Å². The maximum Gasteiger partial charge on any atom is 0.416 e. The quantitative estimate of drug-likeness (QED) is 0.582. The highest BCUT2D eigenvalue weighted by atomic mass is 19.4. The normalized spacial score (nSPS) is 17.3. The Bertz CT molecular complexity index is 871. The van der Waals surface area contributed by atoms with E-state index < -0.39 is 47.9 Å². The average molecular weight is 415 g/mol. The van der Waals surface area contributed by atoms with Gasteiger partial charge in [0.15, 0.2) is 0 Å². The summed E-state index contributed by atoms with van der Waals surface area (Å²) in [4.78, 5) is 25.2. The Morgan fingerprint density at radius 1 is 1.14 bits per heavy atom. The Labute approximate surface area is 165 Å². The van der Waals surface area contributed by atoms with Crippen molar-refractivity contribution >= 4 is 11.9 Å². The van der Waals surface area contributed by atoms with Crippen molar-refractivity contribution in [2.45, 2.75) is 39.0 Å². The van der Waals surface area contributed by atoms with Crippen LogP contribution in [0.25, 0.3) is 0 Å². The number of hydrogen-bond donors (Lipinski definition) is 1. The van der Waals surface area contributed by atoms with Crippen LogP contribution in [0.2, 0.25) is 0 Å². The van der Waals surface area contributed by atoms with Crippen molar-refractivity contribution < 1.29 is 36.6 Å². The van der Waals surface area contributed by atoms with Crippen molar-refractivity contribution in [2.24, 2.45) is 0 Å². The summed E-state index contributed by atoms with van der Waals surface area (Å²) in [5, 5.41) is 2.59. The van der Waals surface area contributed by atoms with E-state index in [0.29, 0.717) is 0 Å². The molecule has 1 aromatic rings. The van der Waals surface area contributed by atoms with Crippen molar-refractivity contribution in [3.8, 4) is 0 Å². The van der Waals surface area contributed by atoms with Crippen LogP contribution in [0.15, 0.2) is 46.8 Å². The third-order valence-corrected chi connectivity index (χ3v) is 4.32. The van der Waals surface area contributed by atoms with Gasteiger partial charge >= 0.3 is 18.1 Å². The summed E-state index contributed by atoms with van der Waals surface area (Å²) < 4.78 is 64.6. The molecule has 2 rings (SSSR count). The molecule has 0 saturated carbocycles. The van der Waals surface area contributed by atoms with Gasteiger partial charge in [-0.2, -0.15) is 13.2 Å². The number of halogens is 4. The number of carbonyl (C=O) groups excluding carboxylic acids is 2. The van der Waals surface area contributed by atoms with Gasteiger partial charge in [0.1, 0.15) is 6.67 Å². The number of carbonyl (C=O) groups is 2. The molecule has 0 spiro atoms. The predicted octanol–water partition coefficient (Wildman–Crippen LogP) is 4.01. The van der Waals surface area contributed by atoms with E-state index in [4.69, 9.17) is 4.74 Å². The zero-order valence-electron chi connectivity index (χ0n) is 16.3. The van der Waals surface area contributed by atoms with Crippen molar-refractivity contribution in [1.82, 2.24) is 5.32 Å². The molecule has 1 aliphatic rings. The molecule has 0 aromatic heterocycles. The number of nitrogens with one attached hydrogen (secondary N) is 1. The van der Waals surface area contributed by atoms with Crippen molar-refractivity contribution in [3.05, 3.63) is 57.9 Å². The second-order valence-electron chi connectivity index (χ2n) is 6.65. The van der Waals surface area contributed by atoms with Crippen molar-refractivity contribution in [1.29, 1.82) is 0 Å². The molecule has 0 fully saturated rings. The first-order chi connectivity index (χ1) is 13.5. The van der Waals surface area contributed by atoms with Crippen LogP contribution in [0.3, 0.4) is 0 Å². The summed E-state index contributed by atoms with van der Waals surface area (Å²) in [7, 11) is 1.02. The minimum atomic E-state index is -4.76. The second kappa shape index (κ2) is 8.67. The van der Waals surface area contributed by atoms with Gasteiger partial charge in [-0.1, -0.05) is 18.2 Å². The molecule has 9 heteroatoms. The Morgan fingerprint density at radius 3 is 2.28 bits per heavy atom. The predicted molar refractivity (Wildman–Crippen MR) is 96.3 cm³/mol. The standard InChI is InChI=1S/C20H21F4NO4/c1-10(2)29-19(27)15-11(3)25-14(9-21)17(18(26)28-4)16(15)12-7-5-6-8-13(12)20(22,23)24/h5-8,10,16,25H,9H2,1-4H3. The van der Waals surface area contributed by atoms with E-state index in [9.17, 15) is 27.2 Å². The number of alkyl halides is 4. The second-order valence-corrected chi connectivity index (χ2v) is 6.65. The fourth-order valence-electron chi connectivity index (χ4n) is 3.22. The molecule has 0 radical (unpaired) electrons. The maximum absolute atomic E-state index is 13.7. The first-order valence-corrected chi connectivity index (χ1v) is 8.75. The maximum atomic E-state index is 13.7. The largest absolute Gasteiger partial charge is 0.466 e. The average Bonchev–Trinajstić information content (AvgIpc) is 2.64. The molecule has 1 unspecified atom stereocenters. The molecular weight excluding hydrogens is 394 g/mol. The van der Waals surface area contributed by atoms with E-state index >= 15 is 0 Å². The zero-order chi connectivity index (χ0) is 21.9. The monoisotopic (exact) mass is 415 g/mol. The van der Waals surface area contributed by atoms with Gasteiger partial charge in [-0.05, 0) is 32.4 Å². The Morgan fingerprint density at radius 2 is 1.76 bits per heavy atom. The fourth-order valence-corrected chi connectivity index (χ4v) is 3.22. The number of allylic oxidation sites excluding steroid dienone is 2. The van der Waals surface area contributed by atoms with Crippen molar-refractivity contribution in [3.63, 3.8) is 0 Å². The summed E-state index contributed by atoms with van der Waals surface area (Å²) in [6.07, 6.45) is -5.33. The Hall–Kier alpha value is -2.84. The number of benzene rings is 1. The first kappa shape index (κ1) is 22.4. The summed E-state index contributed by atoms with van der Waals surface area (Å²) in [5.74, 6) is -3.47. The summed E-state index contributed by atoms with van der Waals surface area (Å²) in [5.41, 5.74) is -2.21. The number of ether oxygens (including phenoxy) is 2. The Balaban J connectivity index is 2.83. The van der Waals surface area contributed by atoms with Crippen LogP contribution in [0.4, 0.5) is 17.6 Å². The number of esters is 2. The molecule has 29 heavy (non-hydrogen) atoms. The van der Waals surface area contributed by atoms with Gasteiger partial charge in [-0.3, -0.25) is 0 Å². The molecule has 0 amide bonds. The summed E-state index contributed by atoms with van der Waals surface area (Å²) >= 11 is 0. The lowest BCUT2D eigenvalue weighted by Gasteiger charge is -2.32. The molecule has 1 heterocycles. The number of rotatable bonds is 5. The van der Waals surface area contributed by atoms with Crippen LogP contribution in [0, 0.1) is 0 Å². The molecule has 1 aromatic carbocycles. The van der Waals surface area contributed by atoms with Crippen LogP contribution in [0.1, 0.15) is 37.8 Å². The minimum Gasteiger partial charge on any atom is -0.466 e. The van der Waals surface area contributed by atoms with E-state index in [0.717, 1.165) is 19.2 Å². The molecule has 1 atom stereocenters. The van der Waals surface area contributed by atoms with Crippen molar-refractivity contribution in [2.75, 3.05) is 13.8 Å². The van der Waals surface area contributed by atoms with Gasteiger partial charge in [0, 0.05) is 5.70 Å². The highest BCUT2D eigenvalue weighted by molar-refractivity contribution is 6.00. The summed E-state index contributed by atoms with van der Waals surface area (Å²) in [6, 6.07) is 4.51. The van der Waals surface area contributed by atoms with E-state index in [1.165, 1.54) is 19.1 Å². The highest BCUT2D eigenvalue weighted by Crippen LogP contribution is 2.44. The number of hydrogen-bond acceptors (Lipinski definition) is 5. The summed E-state index contributed by atoms with van der Waals surface area (Å²) in [6.45, 7) is 3.39. The van der Waals surface area contributed by atoms with Crippen LogP contribution in [0.5, 0.6) is 0 Å². The fraction of sp³-hybridized carbons (Fsp3) is 0.400. The lowest BCUT2D eigenvalue weighted by Crippen LogP contribution is -2.35. The molecule has 5 nitrogen and oxygen atoms in total. The number of dihydropyridines is 1. The third-order valence-electron chi connectivity index (χ3n) is 4.32. The smallest absolute Gasteiger partial charge is 0.416 e. The molecule has 0 saturated heterocycles. The van der Waals surface area contributed by atoms with E-state index in [1.807, 2.05) is 0 Å².